The van der Waals surface area contributed by atoms with E-state index in [2.05, 4.69) is 10.4 Å². The van der Waals surface area contributed by atoms with Gasteiger partial charge in [0.1, 0.15) is 6.54 Å². The van der Waals surface area contributed by atoms with Crippen LogP contribution in [0, 0.1) is 5.92 Å². The van der Waals surface area contributed by atoms with E-state index in [1.54, 1.807) is 12.4 Å². The quantitative estimate of drug-likeness (QED) is 0.715. The molecule has 7 nitrogen and oxygen atoms in total. The third-order valence-electron chi connectivity index (χ3n) is 3.35. The number of aromatic nitrogens is 2. The van der Waals surface area contributed by atoms with Crippen molar-refractivity contribution in [2.24, 2.45) is 11.7 Å². The molecule has 2 atom stereocenters. The average molecular weight is 266 g/mol. The van der Waals surface area contributed by atoms with Gasteiger partial charge in [0.15, 0.2) is 0 Å². The molecule has 4 N–H and O–H groups in total. The van der Waals surface area contributed by atoms with E-state index in [9.17, 15) is 9.59 Å². The summed E-state index contributed by atoms with van der Waals surface area (Å²) in [5.41, 5.74) is 5.87. The number of carbonyl (C=O) groups is 2. The van der Waals surface area contributed by atoms with Gasteiger partial charge in [0, 0.05) is 12.2 Å². The van der Waals surface area contributed by atoms with Crippen LogP contribution in [0.4, 0.5) is 5.69 Å². The summed E-state index contributed by atoms with van der Waals surface area (Å²) in [7, 11) is 0. The second kappa shape index (κ2) is 5.73. The van der Waals surface area contributed by atoms with Crippen LogP contribution in [-0.2, 0) is 16.1 Å². The Balaban J connectivity index is 1.91. The Labute approximate surface area is 110 Å². The van der Waals surface area contributed by atoms with Crippen molar-refractivity contribution < 1.29 is 14.7 Å². The molecule has 1 aromatic heterocycles. The number of nitrogens with zero attached hydrogens (tertiary/aromatic N) is 2. The van der Waals surface area contributed by atoms with Crippen LogP contribution >= 0.6 is 0 Å². The normalized spacial score (nSPS) is 22.9. The smallest absolute Gasteiger partial charge is 0.306 e. The Hall–Kier alpha value is -2.05. The van der Waals surface area contributed by atoms with Gasteiger partial charge in [-0.05, 0) is 19.3 Å². The SMILES string of the molecule is NC(=O)Cn1cc(NC2CCCC(C(=O)O)C2)cn1. The number of nitrogens with two attached hydrogens (primary N) is 1. The fourth-order valence-corrected chi connectivity index (χ4v) is 2.47. The third-order valence-corrected chi connectivity index (χ3v) is 3.35. The molecule has 0 aromatic carbocycles. The number of rotatable bonds is 5. The number of hydrogen-bond acceptors (Lipinski definition) is 4. The lowest BCUT2D eigenvalue weighted by Gasteiger charge is -2.27. The van der Waals surface area contributed by atoms with Gasteiger partial charge in [-0.25, -0.2) is 0 Å². The molecule has 1 fully saturated rings. The molecule has 1 amide bonds. The minimum atomic E-state index is -0.726. The summed E-state index contributed by atoms with van der Waals surface area (Å²) in [4.78, 5) is 21.7. The zero-order chi connectivity index (χ0) is 13.8. The van der Waals surface area contributed by atoms with E-state index < -0.39 is 11.9 Å². The lowest BCUT2D eigenvalue weighted by Crippen LogP contribution is -2.30. The second-order valence-electron chi connectivity index (χ2n) is 4.94. The molecule has 1 aliphatic carbocycles. The monoisotopic (exact) mass is 266 g/mol. The molecule has 1 aromatic rings. The highest BCUT2D eigenvalue weighted by Gasteiger charge is 2.26. The van der Waals surface area contributed by atoms with E-state index in [1.807, 2.05) is 0 Å². The van der Waals surface area contributed by atoms with Crippen LogP contribution in [0.15, 0.2) is 12.4 Å². The summed E-state index contributed by atoms with van der Waals surface area (Å²) < 4.78 is 1.46. The van der Waals surface area contributed by atoms with Gasteiger partial charge in [-0.15, -0.1) is 0 Å². The van der Waals surface area contributed by atoms with Gasteiger partial charge in [-0.1, -0.05) is 6.42 Å². The highest BCUT2D eigenvalue weighted by atomic mass is 16.4. The molecule has 19 heavy (non-hydrogen) atoms. The van der Waals surface area contributed by atoms with E-state index in [1.165, 1.54) is 4.68 Å². The Kier molecular flexibility index (Phi) is 4.03. The zero-order valence-corrected chi connectivity index (χ0v) is 10.6. The summed E-state index contributed by atoms with van der Waals surface area (Å²) in [5, 5.41) is 16.3. The largest absolute Gasteiger partial charge is 0.481 e. The summed E-state index contributed by atoms with van der Waals surface area (Å²) in [6.45, 7) is 0.0457. The molecule has 104 valence electrons. The average Bonchev–Trinajstić information content (AvgIpc) is 2.76. The number of hydrogen-bond donors (Lipinski definition) is 3. The number of primary amides is 1. The molecule has 7 heteroatoms. The van der Waals surface area contributed by atoms with Crippen molar-refractivity contribution in [1.29, 1.82) is 0 Å². The van der Waals surface area contributed by atoms with Gasteiger partial charge in [-0.2, -0.15) is 5.10 Å². The zero-order valence-electron chi connectivity index (χ0n) is 10.6. The lowest BCUT2D eigenvalue weighted by atomic mass is 9.86. The molecule has 0 saturated heterocycles. The lowest BCUT2D eigenvalue weighted by molar-refractivity contribution is -0.142. The Morgan fingerprint density at radius 3 is 3.00 bits per heavy atom. The number of carboxylic acids is 1. The van der Waals surface area contributed by atoms with E-state index in [0.29, 0.717) is 6.42 Å². The maximum absolute atomic E-state index is 11.0. The molecule has 0 spiro atoms. The van der Waals surface area contributed by atoms with Crippen LogP contribution in [0.1, 0.15) is 25.7 Å². The van der Waals surface area contributed by atoms with Crippen LogP contribution < -0.4 is 11.1 Å². The van der Waals surface area contributed by atoms with Gasteiger partial charge in [-0.3, -0.25) is 14.3 Å². The highest BCUT2D eigenvalue weighted by Crippen LogP contribution is 2.26. The minimum Gasteiger partial charge on any atom is -0.481 e. The fraction of sp³-hybridized carbons (Fsp3) is 0.583. The van der Waals surface area contributed by atoms with Gasteiger partial charge in [0.25, 0.3) is 0 Å². The number of nitrogens with one attached hydrogen (secondary N) is 1. The fourth-order valence-electron chi connectivity index (χ4n) is 2.47. The Morgan fingerprint density at radius 1 is 1.53 bits per heavy atom. The third kappa shape index (κ3) is 3.70. The molecular formula is C12H18N4O3. The van der Waals surface area contributed by atoms with Gasteiger partial charge >= 0.3 is 5.97 Å². The van der Waals surface area contributed by atoms with Crippen LogP contribution in [-0.4, -0.2) is 32.8 Å². The molecular weight excluding hydrogens is 248 g/mol. The molecule has 1 heterocycles. The van der Waals surface area contributed by atoms with Crippen molar-refractivity contribution in [2.75, 3.05) is 5.32 Å². The van der Waals surface area contributed by atoms with Gasteiger partial charge in [0.2, 0.25) is 5.91 Å². The van der Waals surface area contributed by atoms with E-state index >= 15 is 0 Å². The summed E-state index contributed by atoms with van der Waals surface area (Å²) in [6.07, 6.45) is 6.54. The van der Waals surface area contributed by atoms with Crippen LogP contribution in [0.25, 0.3) is 0 Å². The maximum Gasteiger partial charge on any atom is 0.306 e. The first-order valence-corrected chi connectivity index (χ1v) is 6.34. The highest BCUT2D eigenvalue weighted by molar-refractivity contribution is 5.73. The van der Waals surface area contributed by atoms with Crippen molar-refractivity contribution >= 4 is 17.6 Å². The molecule has 0 radical (unpaired) electrons. The number of carbonyl (C=O) groups excluding carboxylic acids is 1. The van der Waals surface area contributed by atoms with Crippen molar-refractivity contribution in [3.8, 4) is 0 Å². The van der Waals surface area contributed by atoms with E-state index in [4.69, 9.17) is 10.8 Å². The molecule has 0 aliphatic heterocycles. The van der Waals surface area contributed by atoms with Crippen molar-refractivity contribution in [3.63, 3.8) is 0 Å². The summed E-state index contributed by atoms with van der Waals surface area (Å²) in [6, 6.07) is 0.140. The van der Waals surface area contributed by atoms with Gasteiger partial charge in [0.05, 0.1) is 17.8 Å². The van der Waals surface area contributed by atoms with Crippen molar-refractivity contribution in [1.82, 2.24) is 9.78 Å². The molecule has 2 unspecified atom stereocenters. The van der Waals surface area contributed by atoms with Gasteiger partial charge < -0.3 is 16.2 Å². The minimum absolute atomic E-state index is 0.0457. The molecule has 1 aliphatic rings. The first kappa shape index (κ1) is 13.4. The number of anilines is 1. The number of amides is 1. The van der Waals surface area contributed by atoms with E-state index in [-0.39, 0.29) is 18.5 Å². The molecule has 2 rings (SSSR count). The maximum atomic E-state index is 11.0. The van der Waals surface area contributed by atoms with Crippen molar-refractivity contribution in [3.05, 3.63) is 12.4 Å². The van der Waals surface area contributed by atoms with Crippen molar-refractivity contribution in [2.45, 2.75) is 38.3 Å². The summed E-state index contributed by atoms with van der Waals surface area (Å²) >= 11 is 0. The van der Waals surface area contributed by atoms with Crippen LogP contribution in [0.5, 0.6) is 0 Å². The summed E-state index contributed by atoms with van der Waals surface area (Å²) in [5.74, 6) is -1.44. The van der Waals surface area contributed by atoms with Crippen LogP contribution in [0.2, 0.25) is 0 Å². The Bertz CT molecular complexity index is 471. The first-order valence-electron chi connectivity index (χ1n) is 6.34. The predicted octanol–water partition coefficient (Wildman–Crippen LogP) is 0.424. The predicted molar refractivity (Wildman–Crippen MR) is 68.4 cm³/mol. The number of carboxylic acid groups (broad SMARTS) is 1. The molecule has 0 bridgehead atoms. The van der Waals surface area contributed by atoms with E-state index in [0.717, 1.165) is 24.9 Å². The topological polar surface area (TPSA) is 110 Å². The molecule has 1 saturated carbocycles. The number of aliphatic carboxylic acids is 1. The van der Waals surface area contributed by atoms with Crippen LogP contribution in [0.3, 0.4) is 0 Å². The standard InChI is InChI=1S/C12H18N4O3/c13-11(17)7-16-6-10(5-14-16)15-9-3-1-2-8(4-9)12(18)19/h5-6,8-9,15H,1-4,7H2,(H2,13,17)(H,18,19). The first-order chi connectivity index (χ1) is 9.04. The second-order valence-corrected chi connectivity index (χ2v) is 4.94. The Morgan fingerprint density at radius 2 is 2.32 bits per heavy atom.